The number of amides is 2. The van der Waals surface area contributed by atoms with Crippen molar-refractivity contribution in [1.29, 1.82) is 0 Å². The van der Waals surface area contributed by atoms with Crippen molar-refractivity contribution in [3.05, 3.63) is 0 Å². The Balaban J connectivity index is 1.43. The van der Waals surface area contributed by atoms with Gasteiger partial charge in [-0.05, 0) is 39.4 Å². The van der Waals surface area contributed by atoms with Gasteiger partial charge in [0.05, 0.1) is 18.5 Å². The summed E-state index contributed by atoms with van der Waals surface area (Å²) in [6.45, 7) is 5.70. The van der Waals surface area contributed by atoms with Crippen LogP contribution in [0, 0.1) is 0 Å². The molecule has 7 heteroatoms. The molecular formula is C17H30N2O3S2. The largest absolute Gasteiger partial charge is 0.460 e. The summed E-state index contributed by atoms with van der Waals surface area (Å²) in [5.41, 5.74) is -0.382. The van der Waals surface area contributed by atoms with Gasteiger partial charge in [-0.2, -0.15) is 23.5 Å². The molecule has 0 bridgehead atoms. The zero-order valence-electron chi connectivity index (χ0n) is 14.9. The predicted molar refractivity (Wildman–Crippen MR) is 102 cm³/mol. The minimum absolute atomic E-state index is 0.00307. The molecule has 2 heterocycles. The number of thioether (sulfide) groups is 2. The van der Waals surface area contributed by atoms with E-state index in [4.69, 9.17) is 4.74 Å². The quantitative estimate of drug-likeness (QED) is 0.369. The van der Waals surface area contributed by atoms with E-state index in [1.165, 1.54) is 25.7 Å². The smallest absolute Gasteiger partial charge is 0.315 e. The van der Waals surface area contributed by atoms with Crippen LogP contribution in [0.1, 0.15) is 52.9 Å². The summed E-state index contributed by atoms with van der Waals surface area (Å²) in [6, 6.07) is 0.651. The lowest BCUT2D eigenvalue weighted by Crippen LogP contribution is -2.36. The second kappa shape index (κ2) is 9.22. The fourth-order valence-corrected chi connectivity index (χ4v) is 5.49. The third-order valence-corrected chi connectivity index (χ3v) is 6.66. The van der Waals surface area contributed by atoms with Gasteiger partial charge in [0.1, 0.15) is 5.60 Å². The average molecular weight is 375 g/mol. The predicted octanol–water partition coefficient (Wildman–Crippen LogP) is 3.18. The zero-order chi connectivity index (χ0) is 17.6. The summed E-state index contributed by atoms with van der Waals surface area (Å²) in [4.78, 5) is 22.9. The molecule has 2 aliphatic rings. The Morgan fingerprint density at radius 2 is 2.04 bits per heavy atom. The lowest BCUT2D eigenvalue weighted by atomic mass is 10.0. The van der Waals surface area contributed by atoms with E-state index in [-0.39, 0.29) is 17.6 Å². The molecule has 0 unspecified atom stereocenters. The van der Waals surface area contributed by atoms with Crippen LogP contribution >= 0.6 is 23.5 Å². The van der Waals surface area contributed by atoms with Crippen LogP contribution in [0.2, 0.25) is 0 Å². The summed E-state index contributed by atoms with van der Waals surface area (Å²) in [5, 5.41) is 6.59. The maximum atomic E-state index is 11.6. The number of unbranched alkanes of at least 4 members (excludes halogenated alkanes) is 2. The highest BCUT2D eigenvalue weighted by Crippen LogP contribution is 2.33. The standard InChI is InChI=1S/C17H30N2O3S2/c1-17(2,3)22-14(20)8-10-23-9-6-4-5-7-13-15-12(11-24-13)18-16(21)19-15/h12-13,15H,4-11H2,1-3H3,(H2,18,19,21)/t12-,13-,15-/m0/s1. The van der Waals surface area contributed by atoms with Crippen molar-refractivity contribution in [2.75, 3.05) is 17.3 Å². The number of urea groups is 1. The minimum Gasteiger partial charge on any atom is -0.460 e. The number of hydrogen-bond donors (Lipinski definition) is 2. The molecule has 24 heavy (non-hydrogen) atoms. The summed E-state index contributed by atoms with van der Waals surface area (Å²) in [7, 11) is 0. The first-order valence-corrected chi connectivity index (χ1v) is 11.0. The second-order valence-corrected chi connectivity index (χ2v) is 9.92. The van der Waals surface area contributed by atoms with Crippen molar-refractivity contribution >= 4 is 35.5 Å². The number of hydrogen-bond acceptors (Lipinski definition) is 5. The molecule has 138 valence electrons. The number of fused-ring (bicyclic) bond motifs is 1. The van der Waals surface area contributed by atoms with Gasteiger partial charge in [-0.3, -0.25) is 4.79 Å². The molecule has 2 N–H and O–H groups in total. The fraction of sp³-hybridized carbons (Fsp3) is 0.882. The Bertz CT molecular complexity index is 440. The van der Waals surface area contributed by atoms with Gasteiger partial charge < -0.3 is 15.4 Å². The third kappa shape index (κ3) is 6.75. The van der Waals surface area contributed by atoms with Crippen LogP contribution < -0.4 is 10.6 Å². The van der Waals surface area contributed by atoms with Gasteiger partial charge in [-0.1, -0.05) is 12.8 Å². The van der Waals surface area contributed by atoms with Gasteiger partial charge >= 0.3 is 12.0 Å². The highest BCUT2D eigenvalue weighted by atomic mass is 32.2. The van der Waals surface area contributed by atoms with Crippen LogP contribution in [0.3, 0.4) is 0 Å². The van der Waals surface area contributed by atoms with Crippen LogP contribution in [0.5, 0.6) is 0 Å². The van der Waals surface area contributed by atoms with E-state index in [0.717, 1.165) is 17.3 Å². The Morgan fingerprint density at radius 1 is 1.25 bits per heavy atom. The highest BCUT2D eigenvalue weighted by Gasteiger charge is 2.42. The van der Waals surface area contributed by atoms with E-state index < -0.39 is 0 Å². The molecule has 0 aromatic carbocycles. The number of carbonyl (C=O) groups is 2. The molecule has 0 aromatic rings. The Labute approximate surface area is 153 Å². The van der Waals surface area contributed by atoms with Gasteiger partial charge in [0.2, 0.25) is 0 Å². The monoisotopic (exact) mass is 374 g/mol. The number of rotatable bonds is 9. The number of nitrogens with one attached hydrogen (secondary N) is 2. The van der Waals surface area contributed by atoms with Crippen molar-refractivity contribution in [2.45, 2.75) is 75.8 Å². The summed E-state index contributed by atoms with van der Waals surface area (Å²) in [5.74, 6) is 2.88. The topological polar surface area (TPSA) is 67.4 Å². The third-order valence-electron chi connectivity index (χ3n) is 4.09. The first-order valence-electron chi connectivity index (χ1n) is 8.83. The molecule has 0 radical (unpaired) electrons. The SMILES string of the molecule is CC(C)(C)OC(=O)CCSCCCCC[C@@H]1SC[C@@H]2NC(=O)N[C@@H]21. The van der Waals surface area contributed by atoms with Crippen molar-refractivity contribution in [3.8, 4) is 0 Å². The summed E-state index contributed by atoms with van der Waals surface area (Å²) in [6.07, 6.45) is 5.29. The van der Waals surface area contributed by atoms with Gasteiger partial charge in [0, 0.05) is 16.8 Å². The van der Waals surface area contributed by atoms with Crippen LogP contribution in [-0.2, 0) is 9.53 Å². The molecule has 3 atom stereocenters. The highest BCUT2D eigenvalue weighted by molar-refractivity contribution is 8.00. The van der Waals surface area contributed by atoms with Gasteiger partial charge in [0.25, 0.3) is 0 Å². The maximum absolute atomic E-state index is 11.6. The summed E-state index contributed by atoms with van der Waals surface area (Å²) < 4.78 is 5.29. The fourth-order valence-electron chi connectivity index (χ4n) is 3.02. The molecular weight excluding hydrogens is 344 g/mol. The Morgan fingerprint density at radius 3 is 2.79 bits per heavy atom. The van der Waals surface area contributed by atoms with E-state index in [1.807, 2.05) is 44.3 Å². The van der Waals surface area contributed by atoms with E-state index in [0.29, 0.717) is 23.8 Å². The first-order chi connectivity index (χ1) is 11.3. The van der Waals surface area contributed by atoms with Crippen molar-refractivity contribution in [1.82, 2.24) is 10.6 Å². The first kappa shape index (κ1) is 19.8. The molecule has 0 aliphatic carbocycles. The molecule has 2 saturated heterocycles. The summed E-state index contributed by atoms with van der Waals surface area (Å²) >= 11 is 3.82. The van der Waals surface area contributed by atoms with Crippen LogP contribution in [0.4, 0.5) is 4.79 Å². The van der Waals surface area contributed by atoms with Crippen molar-refractivity contribution < 1.29 is 14.3 Å². The van der Waals surface area contributed by atoms with Gasteiger partial charge in [-0.25, -0.2) is 4.79 Å². The molecule has 2 amide bonds. The molecule has 2 rings (SSSR count). The minimum atomic E-state index is -0.382. The maximum Gasteiger partial charge on any atom is 0.315 e. The number of carbonyl (C=O) groups excluding carboxylic acids is 2. The normalized spacial score (nSPS) is 26.0. The molecule has 5 nitrogen and oxygen atoms in total. The second-order valence-electron chi connectivity index (χ2n) is 7.42. The molecule has 0 aromatic heterocycles. The van der Waals surface area contributed by atoms with Gasteiger partial charge in [0.15, 0.2) is 0 Å². The van der Waals surface area contributed by atoms with E-state index >= 15 is 0 Å². The van der Waals surface area contributed by atoms with Crippen LogP contribution in [-0.4, -0.2) is 52.2 Å². The zero-order valence-corrected chi connectivity index (χ0v) is 16.6. The Hall–Kier alpha value is -0.560. The molecule has 2 fully saturated rings. The molecule has 2 aliphatic heterocycles. The number of ether oxygens (including phenoxy) is 1. The van der Waals surface area contributed by atoms with E-state index in [2.05, 4.69) is 10.6 Å². The van der Waals surface area contributed by atoms with E-state index in [9.17, 15) is 9.59 Å². The van der Waals surface area contributed by atoms with Gasteiger partial charge in [-0.15, -0.1) is 0 Å². The van der Waals surface area contributed by atoms with Crippen molar-refractivity contribution in [2.24, 2.45) is 0 Å². The molecule has 0 saturated carbocycles. The lowest BCUT2D eigenvalue weighted by Gasteiger charge is -2.19. The van der Waals surface area contributed by atoms with Crippen LogP contribution in [0.15, 0.2) is 0 Å². The Kier molecular flexibility index (Phi) is 7.60. The lowest BCUT2D eigenvalue weighted by molar-refractivity contribution is -0.154. The van der Waals surface area contributed by atoms with Crippen molar-refractivity contribution in [3.63, 3.8) is 0 Å². The number of esters is 1. The van der Waals surface area contributed by atoms with Crippen LogP contribution in [0.25, 0.3) is 0 Å². The van der Waals surface area contributed by atoms with E-state index in [1.54, 1.807) is 0 Å². The average Bonchev–Trinajstić information content (AvgIpc) is 2.99. The molecule has 0 spiro atoms.